The second-order valence-corrected chi connectivity index (χ2v) is 6.76. The molecule has 0 saturated carbocycles. The predicted octanol–water partition coefficient (Wildman–Crippen LogP) is 5.33. The van der Waals surface area contributed by atoms with Crippen LogP contribution in [0.15, 0.2) is 28.8 Å². The van der Waals surface area contributed by atoms with Crippen molar-refractivity contribution in [3.63, 3.8) is 0 Å². The number of aryl methyl sites for hydroxylation is 4. The van der Waals surface area contributed by atoms with Gasteiger partial charge in [-0.05, 0) is 68.5 Å². The molecule has 0 aliphatic rings. The second kappa shape index (κ2) is 8.33. The highest BCUT2D eigenvalue weighted by atomic mass is 16.5. The minimum Gasteiger partial charge on any atom is -0.493 e. The highest BCUT2D eigenvalue weighted by Gasteiger charge is 2.15. The molecule has 0 aliphatic heterocycles. The Morgan fingerprint density at radius 3 is 2.04 bits per heavy atom. The van der Waals surface area contributed by atoms with E-state index in [1.54, 1.807) is 0 Å². The van der Waals surface area contributed by atoms with Crippen molar-refractivity contribution in [2.75, 3.05) is 6.61 Å². The molecule has 0 amide bonds. The molecule has 0 N–H and O–H groups in total. The van der Waals surface area contributed by atoms with E-state index in [-0.39, 0.29) is 0 Å². The zero-order valence-electron chi connectivity index (χ0n) is 16.8. The maximum Gasteiger partial charge on any atom is 0.258 e. The molecule has 27 heavy (non-hydrogen) atoms. The monoisotopic (exact) mass is 365 g/mol. The maximum absolute atomic E-state index is 5.86. The molecule has 0 atom stereocenters. The summed E-state index contributed by atoms with van der Waals surface area (Å²) in [4.78, 5) is 9.24. The summed E-state index contributed by atoms with van der Waals surface area (Å²) in [5.41, 5.74) is 6.09. The first-order valence-electron chi connectivity index (χ1n) is 9.64. The van der Waals surface area contributed by atoms with Crippen molar-refractivity contribution in [2.24, 2.45) is 0 Å². The zero-order chi connectivity index (χ0) is 19.4. The summed E-state index contributed by atoms with van der Waals surface area (Å²) in [6.45, 7) is 11.1. The Labute approximate surface area is 160 Å². The molecule has 0 aliphatic carbocycles. The average Bonchev–Trinajstić information content (AvgIpc) is 3.17. The molecular formula is C22H27N3O2. The van der Waals surface area contributed by atoms with Gasteiger partial charge in [0.2, 0.25) is 5.82 Å². The lowest BCUT2D eigenvalue weighted by Crippen LogP contribution is -1.99. The van der Waals surface area contributed by atoms with E-state index in [0.717, 1.165) is 65.3 Å². The number of benzene rings is 1. The Hall–Kier alpha value is -2.69. The van der Waals surface area contributed by atoms with Crippen LogP contribution in [0.25, 0.3) is 22.8 Å². The third kappa shape index (κ3) is 4.18. The van der Waals surface area contributed by atoms with Gasteiger partial charge in [0.1, 0.15) is 5.75 Å². The number of rotatable bonds is 7. The molecule has 0 radical (unpaired) electrons. The molecule has 5 heteroatoms. The van der Waals surface area contributed by atoms with Gasteiger partial charge in [-0.1, -0.05) is 25.9 Å². The van der Waals surface area contributed by atoms with Crippen molar-refractivity contribution in [3.05, 3.63) is 46.8 Å². The summed E-state index contributed by atoms with van der Waals surface area (Å²) in [5.74, 6) is 2.06. The smallest absolute Gasteiger partial charge is 0.258 e. The Balaban J connectivity index is 1.94. The molecule has 0 spiro atoms. The van der Waals surface area contributed by atoms with E-state index in [4.69, 9.17) is 9.26 Å². The highest BCUT2D eigenvalue weighted by molar-refractivity contribution is 5.63. The van der Waals surface area contributed by atoms with Crippen LogP contribution in [-0.2, 0) is 12.8 Å². The average molecular weight is 365 g/mol. The van der Waals surface area contributed by atoms with Crippen LogP contribution in [0.2, 0.25) is 0 Å². The van der Waals surface area contributed by atoms with E-state index in [2.05, 4.69) is 35.9 Å². The second-order valence-electron chi connectivity index (χ2n) is 6.76. The van der Waals surface area contributed by atoms with E-state index in [9.17, 15) is 0 Å². The lowest BCUT2D eigenvalue weighted by molar-refractivity contribution is 0.313. The summed E-state index contributed by atoms with van der Waals surface area (Å²) in [6, 6.07) is 8.14. The third-order valence-electron chi connectivity index (χ3n) is 4.50. The molecule has 0 fully saturated rings. The van der Waals surface area contributed by atoms with Crippen LogP contribution in [0.1, 0.15) is 49.7 Å². The largest absolute Gasteiger partial charge is 0.493 e. The molecule has 3 rings (SSSR count). The van der Waals surface area contributed by atoms with Gasteiger partial charge in [0, 0.05) is 22.5 Å². The van der Waals surface area contributed by atoms with Crippen molar-refractivity contribution in [2.45, 2.75) is 53.9 Å². The highest BCUT2D eigenvalue weighted by Crippen LogP contribution is 2.30. The number of pyridine rings is 1. The number of ether oxygens (including phenoxy) is 1. The van der Waals surface area contributed by atoms with Crippen LogP contribution in [0, 0.1) is 13.8 Å². The first-order chi connectivity index (χ1) is 13.0. The first-order valence-corrected chi connectivity index (χ1v) is 9.64. The van der Waals surface area contributed by atoms with Crippen LogP contribution >= 0.6 is 0 Å². The van der Waals surface area contributed by atoms with Gasteiger partial charge in [-0.25, -0.2) is 0 Å². The van der Waals surface area contributed by atoms with Gasteiger partial charge in [-0.3, -0.25) is 4.98 Å². The Kier molecular flexibility index (Phi) is 5.89. The standard InChI is InChI=1S/C22H27N3O2/c1-6-9-26-20-14(4)10-16(11-15(20)5)21-24-22(27-25-21)17-12-18(7-2)23-19(8-3)13-17/h10-13H,6-9H2,1-5H3. The normalized spacial score (nSPS) is 11.0. The molecule has 5 nitrogen and oxygen atoms in total. The molecule has 2 aromatic heterocycles. The molecule has 0 unspecified atom stereocenters. The van der Waals surface area contributed by atoms with Crippen LogP contribution in [0.4, 0.5) is 0 Å². The van der Waals surface area contributed by atoms with E-state index < -0.39 is 0 Å². The lowest BCUT2D eigenvalue weighted by Gasteiger charge is -2.12. The van der Waals surface area contributed by atoms with Crippen LogP contribution < -0.4 is 4.74 Å². The lowest BCUT2D eigenvalue weighted by atomic mass is 10.1. The summed E-state index contributed by atoms with van der Waals surface area (Å²) >= 11 is 0. The topological polar surface area (TPSA) is 61.0 Å². The fourth-order valence-electron chi connectivity index (χ4n) is 3.10. The van der Waals surface area contributed by atoms with Crippen molar-refractivity contribution >= 4 is 0 Å². The van der Waals surface area contributed by atoms with Gasteiger partial charge < -0.3 is 9.26 Å². The van der Waals surface area contributed by atoms with E-state index >= 15 is 0 Å². The van der Waals surface area contributed by atoms with Gasteiger partial charge in [0.25, 0.3) is 5.89 Å². The number of hydrogen-bond donors (Lipinski definition) is 0. The molecule has 2 heterocycles. The molecular weight excluding hydrogens is 338 g/mol. The van der Waals surface area contributed by atoms with Crippen LogP contribution in [-0.4, -0.2) is 21.7 Å². The molecule has 142 valence electrons. The van der Waals surface area contributed by atoms with Gasteiger partial charge >= 0.3 is 0 Å². The summed E-state index contributed by atoms with van der Waals surface area (Å²) < 4.78 is 11.4. The first kappa shape index (κ1) is 19.1. The van der Waals surface area contributed by atoms with E-state index in [1.807, 2.05) is 38.1 Å². The Bertz CT molecular complexity index is 886. The van der Waals surface area contributed by atoms with Gasteiger partial charge in [0.05, 0.1) is 6.61 Å². The fourth-order valence-corrected chi connectivity index (χ4v) is 3.10. The molecule has 0 saturated heterocycles. The predicted molar refractivity (Wildman–Crippen MR) is 107 cm³/mol. The molecule has 0 bridgehead atoms. The molecule has 1 aromatic carbocycles. The SMILES string of the molecule is CCCOc1c(C)cc(-c2noc(-c3cc(CC)nc(CC)c3)n2)cc1C. The zero-order valence-corrected chi connectivity index (χ0v) is 16.8. The Morgan fingerprint density at radius 1 is 0.852 bits per heavy atom. The van der Waals surface area contributed by atoms with Crippen molar-refractivity contribution in [1.29, 1.82) is 0 Å². The minimum absolute atomic E-state index is 0.526. The third-order valence-corrected chi connectivity index (χ3v) is 4.50. The van der Waals surface area contributed by atoms with E-state index in [0.29, 0.717) is 11.7 Å². The minimum atomic E-state index is 0.526. The van der Waals surface area contributed by atoms with E-state index in [1.165, 1.54) is 0 Å². The van der Waals surface area contributed by atoms with Gasteiger partial charge in [-0.15, -0.1) is 0 Å². The van der Waals surface area contributed by atoms with Gasteiger partial charge in [0.15, 0.2) is 0 Å². The van der Waals surface area contributed by atoms with Crippen molar-refractivity contribution < 1.29 is 9.26 Å². The summed E-state index contributed by atoms with van der Waals surface area (Å²) in [6.07, 6.45) is 2.74. The quantitative estimate of drug-likeness (QED) is 0.566. The molecule has 3 aromatic rings. The number of nitrogens with zero attached hydrogens (tertiary/aromatic N) is 3. The van der Waals surface area contributed by atoms with Crippen molar-refractivity contribution in [3.8, 4) is 28.6 Å². The van der Waals surface area contributed by atoms with Gasteiger partial charge in [-0.2, -0.15) is 4.98 Å². The number of aromatic nitrogens is 3. The summed E-state index contributed by atoms with van der Waals surface area (Å²) in [7, 11) is 0. The Morgan fingerprint density at radius 2 is 1.48 bits per heavy atom. The van der Waals surface area contributed by atoms with Crippen molar-refractivity contribution in [1.82, 2.24) is 15.1 Å². The van der Waals surface area contributed by atoms with Crippen LogP contribution in [0.5, 0.6) is 5.75 Å². The fraction of sp³-hybridized carbons (Fsp3) is 0.409. The number of hydrogen-bond acceptors (Lipinski definition) is 5. The van der Waals surface area contributed by atoms with Crippen LogP contribution in [0.3, 0.4) is 0 Å². The summed E-state index contributed by atoms with van der Waals surface area (Å²) in [5, 5.41) is 4.20. The maximum atomic E-state index is 5.86.